The van der Waals surface area contributed by atoms with Gasteiger partial charge in [0.25, 0.3) is 0 Å². The van der Waals surface area contributed by atoms with Crippen LogP contribution in [0.2, 0.25) is 0 Å². The molecule has 1 unspecified atom stereocenters. The fourth-order valence-electron chi connectivity index (χ4n) is 3.68. The van der Waals surface area contributed by atoms with Gasteiger partial charge in [-0.15, -0.1) is 0 Å². The van der Waals surface area contributed by atoms with E-state index in [0.717, 1.165) is 18.5 Å². The molecule has 0 aromatic carbocycles. The van der Waals surface area contributed by atoms with E-state index in [-0.39, 0.29) is 0 Å². The summed E-state index contributed by atoms with van der Waals surface area (Å²) in [4.78, 5) is 2.62. The molecule has 0 spiro atoms. The van der Waals surface area contributed by atoms with E-state index in [1.54, 1.807) is 6.08 Å². The van der Waals surface area contributed by atoms with E-state index in [4.69, 9.17) is 10.8 Å². The molecular formula is C16H23N3. The predicted molar refractivity (Wildman–Crippen MR) is 79.2 cm³/mol. The average molecular weight is 257 g/mol. The summed E-state index contributed by atoms with van der Waals surface area (Å²) in [5.74, 6) is 0.956. The highest BCUT2D eigenvalue weighted by molar-refractivity contribution is 6.49. The number of nitrogens with zero attached hydrogens (tertiary/aromatic N) is 1. The topological polar surface area (TPSA) is 50.9 Å². The summed E-state index contributed by atoms with van der Waals surface area (Å²) in [5, 5.41) is 15.3. The van der Waals surface area contributed by atoms with Crippen LogP contribution in [0.1, 0.15) is 38.5 Å². The van der Waals surface area contributed by atoms with Crippen LogP contribution in [0.4, 0.5) is 0 Å². The van der Waals surface area contributed by atoms with Crippen molar-refractivity contribution in [3.63, 3.8) is 0 Å². The van der Waals surface area contributed by atoms with Crippen LogP contribution in [0.3, 0.4) is 0 Å². The summed E-state index contributed by atoms with van der Waals surface area (Å²) in [6, 6.07) is 0.748. The smallest absolute Gasteiger partial charge is 0.0792 e. The SMILES string of the molecule is N=C1C=CC(CN2CC[C@H]3CCCC2CC3)=CC1=N. The zero-order chi connectivity index (χ0) is 13.2. The van der Waals surface area contributed by atoms with Gasteiger partial charge in [0.05, 0.1) is 11.4 Å². The van der Waals surface area contributed by atoms with Crippen LogP contribution in [0.15, 0.2) is 23.8 Å². The Morgan fingerprint density at radius 1 is 1.00 bits per heavy atom. The number of nitrogens with one attached hydrogen (secondary N) is 2. The monoisotopic (exact) mass is 257 g/mol. The van der Waals surface area contributed by atoms with Gasteiger partial charge in [-0.05, 0) is 55.9 Å². The average Bonchev–Trinajstić information content (AvgIpc) is 2.72. The summed E-state index contributed by atoms with van der Waals surface area (Å²) < 4.78 is 0. The van der Waals surface area contributed by atoms with E-state index in [0.29, 0.717) is 11.4 Å². The lowest BCUT2D eigenvalue weighted by atomic mass is 9.97. The third-order valence-corrected chi connectivity index (χ3v) is 4.87. The summed E-state index contributed by atoms with van der Waals surface area (Å²) in [6.07, 6.45) is 13.9. The first kappa shape index (κ1) is 12.8. The van der Waals surface area contributed by atoms with Gasteiger partial charge in [-0.25, -0.2) is 0 Å². The van der Waals surface area contributed by atoms with Crippen LogP contribution >= 0.6 is 0 Å². The second-order valence-electron chi connectivity index (χ2n) is 6.17. The molecule has 3 heteroatoms. The van der Waals surface area contributed by atoms with Crippen LogP contribution in [0.5, 0.6) is 0 Å². The maximum atomic E-state index is 7.75. The van der Waals surface area contributed by atoms with Crippen LogP contribution in [0.25, 0.3) is 0 Å². The summed E-state index contributed by atoms with van der Waals surface area (Å²) in [5.41, 5.74) is 1.89. The molecule has 0 amide bonds. The van der Waals surface area contributed by atoms with Gasteiger partial charge in [-0.2, -0.15) is 0 Å². The van der Waals surface area contributed by atoms with Gasteiger partial charge in [0, 0.05) is 12.6 Å². The van der Waals surface area contributed by atoms with Gasteiger partial charge in [-0.1, -0.05) is 18.9 Å². The Hall–Kier alpha value is -1.22. The van der Waals surface area contributed by atoms with Gasteiger partial charge in [0.15, 0.2) is 0 Å². The van der Waals surface area contributed by atoms with Crippen LogP contribution in [-0.4, -0.2) is 35.5 Å². The molecule has 2 aliphatic carbocycles. The lowest BCUT2D eigenvalue weighted by molar-refractivity contribution is 0.194. The molecule has 2 bridgehead atoms. The third kappa shape index (κ3) is 2.86. The molecular weight excluding hydrogens is 234 g/mol. The molecule has 19 heavy (non-hydrogen) atoms. The Bertz CT molecular complexity index is 447. The first-order chi connectivity index (χ1) is 9.22. The highest BCUT2D eigenvalue weighted by atomic mass is 15.2. The Morgan fingerprint density at radius 2 is 1.89 bits per heavy atom. The quantitative estimate of drug-likeness (QED) is 0.733. The largest absolute Gasteiger partial charge is 0.299 e. The first-order valence-corrected chi connectivity index (χ1v) is 7.52. The van der Waals surface area contributed by atoms with Gasteiger partial charge < -0.3 is 0 Å². The fourth-order valence-corrected chi connectivity index (χ4v) is 3.68. The zero-order valence-electron chi connectivity index (χ0n) is 11.5. The van der Waals surface area contributed by atoms with Gasteiger partial charge in [0.2, 0.25) is 0 Å². The van der Waals surface area contributed by atoms with E-state index in [1.165, 1.54) is 50.6 Å². The van der Waals surface area contributed by atoms with E-state index in [9.17, 15) is 0 Å². The molecule has 0 aromatic rings. The third-order valence-electron chi connectivity index (χ3n) is 4.87. The van der Waals surface area contributed by atoms with Crippen LogP contribution in [-0.2, 0) is 0 Å². The number of hydrogen-bond acceptors (Lipinski definition) is 3. The molecule has 1 saturated carbocycles. The minimum absolute atomic E-state index is 0.331. The van der Waals surface area contributed by atoms with Crippen molar-refractivity contribution in [2.24, 2.45) is 5.92 Å². The molecule has 102 valence electrons. The van der Waals surface area contributed by atoms with E-state index in [2.05, 4.69) is 4.90 Å². The highest BCUT2D eigenvalue weighted by Gasteiger charge is 2.28. The summed E-state index contributed by atoms with van der Waals surface area (Å²) in [6.45, 7) is 2.18. The molecule has 1 heterocycles. The normalized spacial score (nSPS) is 32.1. The molecule has 0 aromatic heterocycles. The number of fused-ring (bicyclic) bond motifs is 3. The Morgan fingerprint density at radius 3 is 2.74 bits per heavy atom. The van der Waals surface area contributed by atoms with Crippen molar-refractivity contribution in [3.8, 4) is 0 Å². The Balaban J connectivity index is 1.69. The van der Waals surface area contributed by atoms with Crippen molar-refractivity contribution in [1.82, 2.24) is 4.90 Å². The second kappa shape index (κ2) is 5.41. The van der Waals surface area contributed by atoms with Crippen molar-refractivity contribution in [1.29, 1.82) is 10.8 Å². The minimum atomic E-state index is 0.331. The molecule has 3 nitrogen and oxygen atoms in total. The Labute approximate surface area is 115 Å². The lowest BCUT2D eigenvalue weighted by Gasteiger charge is -2.31. The molecule has 2 N–H and O–H groups in total. The zero-order valence-corrected chi connectivity index (χ0v) is 11.5. The van der Waals surface area contributed by atoms with Crippen molar-refractivity contribution in [2.75, 3.05) is 13.1 Å². The molecule has 3 aliphatic rings. The van der Waals surface area contributed by atoms with Crippen molar-refractivity contribution in [3.05, 3.63) is 23.8 Å². The molecule has 0 radical (unpaired) electrons. The first-order valence-electron chi connectivity index (χ1n) is 7.52. The van der Waals surface area contributed by atoms with E-state index < -0.39 is 0 Å². The van der Waals surface area contributed by atoms with E-state index in [1.807, 2.05) is 12.2 Å². The molecule has 1 aliphatic heterocycles. The molecule has 2 fully saturated rings. The molecule has 3 rings (SSSR count). The van der Waals surface area contributed by atoms with Crippen LogP contribution < -0.4 is 0 Å². The van der Waals surface area contributed by atoms with Crippen LogP contribution in [0, 0.1) is 16.7 Å². The fraction of sp³-hybridized carbons (Fsp3) is 0.625. The maximum absolute atomic E-state index is 7.75. The number of likely N-dealkylation sites (tertiary alicyclic amines) is 1. The molecule has 2 atom stereocenters. The summed E-state index contributed by atoms with van der Waals surface area (Å²) >= 11 is 0. The highest BCUT2D eigenvalue weighted by Crippen LogP contribution is 2.33. The number of rotatable bonds is 2. The van der Waals surface area contributed by atoms with Gasteiger partial charge >= 0.3 is 0 Å². The lowest BCUT2D eigenvalue weighted by Crippen LogP contribution is -2.37. The van der Waals surface area contributed by atoms with Gasteiger partial charge in [-0.3, -0.25) is 15.7 Å². The second-order valence-corrected chi connectivity index (χ2v) is 6.17. The molecule has 1 saturated heterocycles. The summed E-state index contributed by atoms with van der Waals surface area (Å²) in [7, 11) is 0. The van der Waals surface area contributed by atoms with Gasteiger partial charge in [0.1, 0.15) is 0 Å². The number of allylic oxidation sites excluding steroid dienone is 2. The standard InChI is InChI=1S/C16H23N3/c17-15-7-5-13(10-16(15)18)11-19-9-8-12-2-1-3-14(19)6-4-12/h5,7,10,12,14,17-18H,1-4,6,8-9,11H2/t12-,14?/m0/s1. The minimum Gasteiger partial charge on any atom is -0.299 e. The van der Waals surface area contributed by atoms with E-state index >= 15 is 0 Å². The number of hydrogen-bond donors (Lipinski definition) is 2. The van der Waals surface area contributed by atoms with Crippen molar-refractivity contribution >= 4 is 11.4 Å². The van der Waals surface area contributed by atoms with Crippen molar-refractivity contribution < 1.29 is 0 Å². The predicted octanol–water partition coefficient (Wildman–Crippen LogP) is 3.18. The van der Waals surface area contributed by atoms with Crippen molar-refractivity contribution in [2.45, 2.75) is 44.6 Å². The Kier molecular flexibility index (Phi) is 3.65. The maximum Gasteiger partial charge on any atom is 0.0792 e.